The average Bonchev–Trinajstić information content (AvgIpc) is 2.58. The molecule has 0 atom stereocenters. The molecule has 1 saturated heterocycles. The van der Waals surface area contributed by atoms with Crippen molar-refractivity contribution in [2.45, 2.75) is 18.5 Å². The molecule has 1 aliphatic rings. The monoisotopic (exact) mass is 258 g/mol. The van der Waals surface area contributed by atoms with Crippen LogP contribution < -0.4 is 5.32 Å². The molecule has 0 amide bonds. The van der Waals surface area contributed by atoms with E-state index in [0.717, 1.165) is 13.1 Å². The standard InChI is InChI=1S/C8H11FN2S.2ClH/c9-8(1-3-10-4-2-8)7-11-5-6-12-7;;/h5-6,10H,1-4H2;2*1H. The zero-order valence-corrected chi connectivity index (χ0v) is 9.98. The topological polar surface area (TPSA) is 24.9 Å². The number of nitrogens with zero attached hydrogens (tertiary/aromatic N) is 1. The predicted molar refractivity (Wildman–Crippen MR) is 61.5 cm³/mol. The maximum Gasteiger partial charge on any atom is 0.164 e. The smallest absolute Gasteiger partial charge is 0.164 e. The van der Waals surface area contributed by atoms with Gasteiger partial charge in [-0.25, -0.2) is 9.37 Å². The molecular weight excluding hydrogens is 246 g/mol. The molecule has 2 heterocycles. The zero-order chi connectivity index (χ0) is 8.44. The molecule has 1 aromatic heterocycles. The van der Waals surface area contributed by atoms with Crippen molar-refractivity contribution in [1.29, 1.82) is 0 Å². The fourth-order valence-electron chi connectivity index (χ4n) is 1.48. The Bertz CT molecular complexity index is 250. The Hall–Kier alpha value is 0.100. The van der Waals surface area contributed by atoms with E-state index >= 15 is 0 Å². The molecule has 0 spiro atoms. The van der Waals surface area contributed by atoms with E-state index in [1.54, 1.807) is 6.20 Å². The minimum absolute atomic E-state index is 0. The van der Waals surface area contributed by atoms with Gasteiger partial charge in [-0.1, -0.05) is 0 Å². The molecular formula is C8H13Cl2FN2S. The molecule has 1 fully saturated rings. The molecule has 1 N–H and O–H groups in total. The summed E-state index contributed by atoms with van der Waals surface area (Å²) in [7, 11) is 0. The summed E-state index contributed by atoms with van der Waals surface area (Å²) in [5, 5.41) is 5.61. The van der Waals surface area contributed by atoms with Gasteiger partial charge in [0.25, 0.3) is 0 Å². The summed E-state index contributed by atoms with van der Waals surface area (Å²) in [5.74, 6) is 0. The lowest BCUT2D eigenvalue weighted by molar-refractivity contribution is 0.115. The number of rotatable bonds is 1. The minimum Gasteiger partial charge on any atom is -0.316 e. The van der Waals surface area contributed by atoms with Crippen molar-refractivity contribution in [2.75, 3.05) is 13.1 Å². The first-order chi connectivity index (χ1) is 5.81. The van der Waals surface area contributed by atoms with Crippen molar-refractivity contribution in [2.24, 2.45) is 0 Å². The highest BCUT2D eigenvalue weighted by atomic mass is 35.5. The van der Waals surface area contributed by atoms with Crippen molar-refractivity contribution < 1.29 is 4.39 Å². The van der Waals surface area contributed by atoms with Crippen molar-refractivity contribution in [3.8, 4) is 0 Å². The summed E-state index contributed by atoms with van der Waals surface area (Å²) >= 11 is 1.41. The van der Waals surface area contributed by atoms with Crippen LogP contribution in [0.5, 0.6) is 0 Å². The lowest BCUT2D eigenvalue weighted by Gasteiger charge is -2.27. The average molecular weight is 259 g/mol. The van der Waals surface area contributed by atoms with Gasteiger partial charge in [-0.15, -0.1) is 36.2 Å². The number of thiazole rings is 1. The number of halogens is 3. The normalized spacial score (nSPS) is 19.2. The number of aromatic nitrogens is 1. The van der Waals surface area contributed by atoms with E-state index in [0.29, 0.717) is 17.8 Å². The highest BCUT2D eigenvalue weighted by Crippen LogP contribution is 2.35. The Morgan fingerprint density at radius 2 is 2.00 bits per heavy atom. The second-order valence-electron chi connectivity index (χ2n) is 3.05. The van der Waals surface area contributed by atoms with Crippen LogP contribution in [0, 0.1) is 0 Å². The van der Waals surface area contributed by atoms with Gasteiger partial charge in [-0.05, 0) is 13.1 Å². The van der Waals surface area contributed by atoms with Gasteiger partial charge in [-0.2, -0.15) is 0 Å². The number of nitrogens with one attached hydrogen (secondary N) is 1. The predicted octanol–water partition coefficient (Wildman–Crippen LogP) is 2.53. The molecule has 2 nitrogen and oxygen atoms in total. The van der Waals surface area contributed by atoms with Crippen molar-refractivity contribution in [3.05, 3.63) is 16.6 Å². The van der Waals surface area contributed by atoms with Crippen LogP contribution >= 0.6 is 36.2 Å². The van der Waals surface area contributed by atoms with E-state index in [-0.39, 0.29) is 24.8 Å². The maximum absolute atomic E-state index is 14.0. The molecule has 0 aromatic carbocycles. The highest BCUT2D eigenvalue weighted by molar-refractivity contribution is 7.09. The lowest BCUT2D eigenvalue weighted by atomic mass is 9.95. The third-order valence-corrected chi connectivity index (χ3v) is 3.16. The first kappa shape index (κ1) is 14.1. The van der Waals surface area contributed by atoms with Crippen LogP contribution in [0.2, 0.25) is 0 Å². The number of piperidine rings is 1. The number of hydrogen-bond acceptors (Lipinski definition) is 3. The molecule has 0 bridgehead atoms. The lowest BCUT2D eigenvalue weighted by Crippen LogP contribution is -2.36. The Kier molecular flexibility index (Phi) is 5.90. The summed E-state index contributed by atoms with van der Waals surface area (Å²) in [6.07, 6.45) is 2.78. The van der Waals surface area contributed by atoms with Crippen LogP contribution in [0.25, 0.3) is 0 Å². The number of hydrogen-bond donors (Lipinski definition) is 1. The molecule has 1 aromatic rings. The Morgan fingerprint density at radius 1 is 1.36 bits per heavy atom. The minimum atomic E-state index is -1.15. The van der Waals surface area contributed by atoms with Gasteiger partial charge < -0.3 is 5.32 Å². The first-order valence-electron chi connectivity index (χ1n) is 4.11. The van der Waals surface area contributed by atoms with Gasteiger partial charge in [0.05, 0.1) is 0 Å². The van der Waals surface area contributed by atoms with Gasteiger partial charge in [0.15, 0.2) is 5.67 Å². The summed E-state index contributed by atoms with van der Waals surface area (Å²) < 4.78 is 14.0. The molecule has 1 aliphatic heterocycles. The third kappa shape index (κ3) is 2.79. The van der Waals surface area contributed by atoms with Gasteiger partial charge in [-0.3, -0.25) is 0 Å². The molecule has 6 heteroatoms. The van der Waals surface area contributed by atoms with E-state index in [1.165, 1.54) is 11.3 Å². The molecule has 0 aliphatic carbocycles. The number of alkyl halides is 1. The van der Waals surface area contributed by atoms with Crippen LogP contribution in [0.15, 0.2) is 11.6 Å². The van der Waals surface area contributed by atoms with Crippen LogP contribution in [0.1, 0.15) is 17.8 Å². The molecule has 82 valence electrons. The Morgan fingerprint density at radius 3 is 2.50 bits per heavy atom. The Labute approximate surface area is 99.1 Å². The van der Waals surface area contributed by atoms with Gasteiger partial charge >= 0.3 is 0 Å². The quantitative estimate of drug-likeness (QED) is 0.838. The van der Waals surface area contributed by atoms with E-state index in [1.807, 2.05) is 5.38 Å². The molecule has 14 heavy (non-hydrogen) atoms. The van der Waals surface area contributed by atoms with Crippen LogP contribution in [0.4, 0.5) is 4.39 Å². The third-order valence-electron chi connectivity index (χ3n) is 2.21. The molecule has 2 rings (SSSR count). The highest BCUT2D eigenvalue weighted by Gasteiger charge is 2.35. The van der Waals surface area contributed by atoms with Crippen molar-refractivity contribution >= 4 is 36.2 Å². The van der Waals surface area contributed by atoms with Crippen molar-refractivity contribution in [1.82, 2.24) is 10.3 Å². The van der Waals surface area contributed by atoms with E-state index in [4.69, 9.17) is 0 Å². The van der Waals surface area contributed by atoms with Gasteiger partial charge in [0.1, 0.15) is 5.01 Å². The Balaban J connectivity index is 0.000000845. The largest absolute Gasteiger partial charge is 0.316 e. The molecule has 0 radical (unpaired) electrons. The van der Waals surface area contributed by atoms with E-state index in [2.05, 4.69) is 10.3 Å². The first-order valence-corrected chi connectivity index (χ1v) is 4.99. The van der Waals surface area contributed by atoms with E-state index < -0.39 is 5.67 Å². The fourth-order valence-corrected chi connectivity index (χ4v) is 2.27. The summed E-state index contributed by atoms with van der Waals surface area (Å²) in [6, 6.07) is 0. The van der Waals surface area contributed by atoms with Crippen LogP contribution in [-0.4, -0.2) is 18.1 Å². The molecule has 0 saturated carbocycles. The summed E-state index contributed by atoms with van der Waals surface area (Å²) in [4.78, 5) is 4.03. The van der Waals surface area contributed by atoms with Crippen LogP contribution in [0.3, 0.4) is 0 Å². The van der Waals surface area contributed by atoms with Gasteiger partial charge in [0.2, 0.25) is 0 Å². The maximum atomic E-state index is 14.0. The zero-order valence-electron chi connectivity index (χ0n) is 7.53. The fraction of sp³-hybridized carbons (Fsp3) is 0.625. The SMILES string of the molecule is Cl.Cl.FC1(c2nccs2)CCNCC1. The van der Waals surface area contributed by atoms with E-state index in [9.17, 15) is 4.39 Å². The molecule has 0 unspecified atom stereocenters. The summed E-state index contributed by atoms with van der Waals surface area (Å²) in [6.45, 7) is 1.52. The summed E-state index contributed by atoms with van der Waals surface area (Å²) in [5.41, 5.74) is -1.15. The van der Waals surface area contributed by atoms with Crippen LogP contribution in [-0.2, 0) is 5.67 Å². The van der Waals surface area contributed by atoms with Crippen molar-refractivity contribution in [3.63, 3.8) is 0 Å². The van der Waals surface area contributed by atoms with Gasteiger partial charge in [0, 0.05) is 24.4 Å². The second-order valence-corrected chi connectivity index (χ2v) is 3.95. The second kappa shape index (κ2) is 5.85.